The van der Waals surface area contributed by atoms with E-state index in [-0.39, 0.29) is 18.4 Å². The Balaban J connectivity index is 1.36. The van der Waals surface area contributed by atoms with Gasteiger partial charge in [0.2, 0.25) is 5.91 Å². The lowest BCUT2D eigenvalue weighted by Gasteiger charge is -2.30. The molecule has 0 saturated carbocycles. The number of amides is 2. The summed E-state index contributed by atoms with van der Waals surface area (Å²) in [4.78, 5) is 30.9. The van der Waals surface area contributed by atoms with Gasteiger partial charge in [0.1, 0.15) is 12.4 Å². The van der Waals surface area contributed by atoms with Crippen LogP contribution in [0.5, 0.6) is 0 Å². The highest BCUT2D eigenvalue weighted by Gasteiger charge is 2.30. The molecule has 7 heteroatoms. The molecule has 0 aromatic heterocycles. The highest BCUT2D eigenvalue weighted by atomic mass is 32.2. The van der Waals surface area contributed by atoms with Crippen molar-refractivity contribution in [1.29, 1.82) is 0 Å². The van der Waals surface area contributed by atoms with Crippen LogP contribution in [0.4, 0.5) is 10.1 Å². The molecule has 3 aromatic carbocycles. The van der Waals surface area contributed by atoms with E-state index in [9.17, 15) is 14.0 Å². The third-order valence-corrected chi connectivity index (χ3v) is 6.84. The molecule has 0 aliphatic carbocycles. The molecule has 1 aliphatic heterocycles. The quantitative estimate of drug-likeness (QED) is 0.447. The fourth-order valence-electron chi connectivity index (χ4n) is 3.81. The van der Waals surface area contributed by atoms with E-state index in [1.54, 1.807) is 24.3 Å². The number of nitrogens with zero attached hydrogens (tertiary/aromatic N) is 2. The maximum atomic E-state index is 14.2. The van der Waals surface area contributed by atoms with E-state index in [2.05, 4.69) is 22.3 Å². The molecule has 1 heterocycles. The lowest BCUT2D eigenvalue weighted by molar-refractivity contribution is -0.122. The normalized spacial score (nSPS) is 14.3. The number of thioether (sulfide) groups is 1. The fourth-order valence-corrected chi connectivity index (χ4v) is 4.86. The SMILES string of the molecule is CN(CCNC(=O)CN1C(=O)/C(=C/c2ccccc2F)Sc2ccccc21)CCc1ccccc1. The van der Waals surface area contributed by atoms with E-state index in [4.69, 9.17) is 0 Å². The minimum Gasteiger partial charge on any atom is -0.353 e. The largest absolute Gasteiger partial charge is 0.353 e. The van der Waals surface area contributed by atoms with Gasteiger partial charge in [-0.05, 0) is 43.3 Å². The molecule has 4 rings (SSSR count). The fraction of sp³-hybridized carbons (Fsp3) is 0.214. The van der Waals surface area contributed by atoms with Crippen molar-refractivity contribution in [2.24, 2.45) is 0 Å². The van der Waals surface area contributed by atoms with Crippen LogP contribution in [0, 0.1) is 5.82 Å². The summed E-state index contributed by atoms with van der Waals surface area (Å²) in [5, 5.41) is 2.92. The van der Waals surface area contributed by atoms with Crippen molar-refractivity contribution in [3.8, 4) is 0 Å². The van der Waals surface area contributed by atoms with Gasteiger partial charge in [-0.2, -0.15) is 0 Å². The Kier molecular flexibility index (Phi) is 8.34. The molecule has 35 heavy (non-hydrogen) atoms. The van der Waals surface area contributed by atoms with Gasteiger partial charge in [-0.1, -0.05) is 72.4 Å². The predicted molar refractivity (Wildman–Crippen MR) is 140 cm³/mol. The molecule has 0 atom stereocenters. The number of fused-ring (bicyclic) bond motifs is 1. The molecular weight excluding hydrogens is 461 g/mol. The first kappa shape index (κ1) is 24.7. The zero-order valence-corrected chi connectivity index (χ0v) is 20.4. The molecule has 0 radical (unpaired) electrons. The van der Waals surface area contributed by atoms with Crippen molar-refractivity contribution in [2.45, 2.75) is 11.3 Å². The number of likely N-dealkylation sites (N-methyl/N-ethyl adjacent to an activating group) is 1. The number of hydrogen-bond acceptors (Lipinski definition) is 4. The average molecular weight is 490 g/mol. The Morgan fingerprint density at radius 1 is 1.00 bits per heavy atom. The zero-order valence-electron chi connectivity index (χ0n) is 19.6. The zero-order chi connectivity index (χ0) is 24.6. The molecule has 1 N–H and O–H groups in total. The second kappa shape index (κ2) is 11.8. The maximum Gasteiger partial charge on any atom is 0.265 e. The van der Waals surface area contributed by atoms with E-state index >= 15 is 0 Å². The molecular formula is C28H28FN3O2S. The molecule has 180 valence electrons. The van der Waals surface area contributed by atoms with Gasteiger partial charge < -0.3 is 10.2 Å². The van der Waals surface area contributed by atoms with Crippen molar-refractivity contribution in [1.82, 2.24) is 10.2 Å². The Hall–Kier alpha value is -3.42. The summed E-state index contributed by atoms with van der Waals surface area (Å²) in [6, 6.07) is 24.0. The minimum absolute atomic E-state index is 0.0985. The van der Waals surface area contributed by atoms with Crippen molar-refractivity contribution >= 4 is 35.3 Å². The number of benzene rings is 3. The molecule has 0 fully saturated rings. The average Bonchev–Trinajstić information content (AvgIpc) is 2.87. The number of nitrogens with one attached hydrogen (secondary N) is 1. The number of anilines is 1. The summed E-state index contributed by atoms with van der Waals surface area (Å²) in [5.41, 5.74) is 2.30. The Morgan fingerprint density at radius 3 is 2.51 bits per heavy atom. The third-order valence-electron chi connectivity index (χ3n) is 5.77. The van der Waals surface area contributed by atoms with Crippen LogP contribution < -0.4 is 10.2 Å². The van der Waals surface area contributed by atoms with Gasteiger partial charge in [0.25, 0.3) is 5.91 Å². The number of hydrogen-bond donors (Lipinski definition) is 1. The minimum atomic E-state index is -0.395. The van der Waals surface area contributed by atoms with Crippen LogP contribution in [0.25, 0.3) is 6.08 Å². The maximum absolute atomic E-state index is 14.2. The van der Waals surface area contributed by atoms with Crippen LogP contribution in [0.2, 0.25) is 0 Å². The highest BCUT2D eigenvalue weighted by molar-refractivity contribution is 8.04. The van der Waals surface area contributed by atoms with Crippen molar-refractivity contribution in [3.05, 3.63) is 101 Å². The Bertz CT molecular complexity index is 1220. The molecule has 0 spiro atoms. The molecule has 0 unspecified atom stereocenters. The van der Waals surface area contributed by atoms with Gasteiger partial charge in [-0.25, -0.2) is 4.39 Å². The monoisotopic (exact) mass is 489 g/mol. The highest BCUT2D eigenvalue weighted by Crippen LogP contribution is 2.42. The van der Waals surface area contributed by atoms with Crippen LogP contribution in [0.3, 0.4) is 0 Å². The van der Waals surface area contributed by atoms with E-state index < -0.39 is 5.82 Å². The van der Waals surface area contributed by atoms with Crippen LogP contribution in [0.15, 0.2) is 88.7 Å². The molecule has 0 bridgehead atoms. The third kappa shape index (κ3) is 6.59. The summed E-state index contributed by atoms with van der Waals surface area (Å²) < 4.78 is 14.2. The van der Waals surface area contributed by atoms with E-state index in [1.165, 1.54) is 28.3 Å². The van der Waals surface area contributed by atoms with Crippen LogP contribution in [0.1, 0.15) is 11.1 Å². The number of carbonyl (C=O) groups excluding carboxylic acids is 2. The van der Waals surface area contributed by atoms with Gasteiger partial charge in [0.15, 0.2) is 0 Å². The summed E-state index contributed by atoms with van der Waals surface area (Å²) >= 11 is 1.29. The van der Waals surface area contributed by atoms with Gasteiger partial charge >= 0.3 is 0 Å². The summed E-state index contributed by atoms with van der Waals surface area (Å²) in [6.07, 6.45) is 2.49. The Morgan fingerprint density at radius 2 is 1.71 bits per heavy atom. The van der Waals surface area contributed by atoms with Crippen molar-refractivity contribution in [2.75, 3.05) is 38.1 Å². The van der Waals surface area contributed by atoms with Crippen molar-refractivity contribution in [3.63, 3.8) is 0 Å². The first-order chi connectivity index (χ1) is 17.0. The number of halogens is 1. The summed E-state index contributed by atoms with van der Waals surface area (Å²) in [5.74, 6) is -0.943. The molecule has 2 amide bonds. The first-order valence-electron chi connectivity index (χ1n) is 11.6. The van der Waals surface area contributed by atoms with Gasteiger partial charge in [-0.3, -0.25) is 14.5 Å². The van der Waals surface area contributed by atoms with Gasteiger partial charge in [0.05, 0.1) is 10.6 Å². The standard InChI is InChI=1S/C28H28FN3O2S/c1-31(17-15-21-9-3-2-4-10-21)18-16-30-27(33)20-32-24-13-7-8-14-25(24)35-26(28(32)34)19-22-11-5-6-12-23(22)29/h2-14,19H,15-18,20H2,1H3,(H,30,33)/b26-19-. The number of para-hydroxylation sites is 1. The number of rotatable bonds is 9. The lowest BCUT2D eigenvalue weighted by Crippen LogP contribution is -2.44. The number of carbonyl (C=O) groups is 2. The second-order valence-corrected chi connectivity index (χ2v) is 9.46. The van der Waals surface area contributed by atoms with E-state index in [0.29, 0.717) is 29.2 Å². The van der Waals surface area contributed by atoms with Crippen LogP contribution in [-0.2, 0) is 16.0 Å². The molecule has 3 aromatic rings. The lowest BCUT2D eigenvalue weighted by atomic mass is 10.1. The Labute approximate surface area is 209 Å². The van der Waals surface area contributed by atoms with Gasteiger partial charge in [0, 0.05) is 30.1 Å². The van der Waals surface area contributed by atoms with E-state index in [0.717, 1.165) is 17.9 Å². The van der Waals surface area contributed by atoms with Gasteiger partial charge in [-0.15, -0.1) is 0 Å². The smallest absolute Gasteiger partial charge is 0.265 e. The summed E-state index contributed by atoms with van der Waals surface area (Å²) in [6.45, 7) is 1.98. The molecule has 0 saturated heterocycles. The first-order valence-corrected chi connectivity index (χ1v) is 12.4. The molecule has 5 nitrogen and oxygen atoms in total. The second-order valence-electron chi connectivity index (χ2n) is 8.38. The van der Waals surface area contributed by atoms with Crippen LogP contribution in [-0.4, -0.2) is 49.9 Å². The van der Waals surface area contributed by atoms with E-state index in [1.807, 2.05) is 49.5 Å². The van der Waals surface area contributed by atoms with Crippen molar-refractivity contribution < 1.29 is 14.0 Å². The topological polar surface area (TPSA) is 52.7 Å². The summed E-state index contributed by atoms with van der Waals surface area (Å²) in [7, 11) is 2.02. The van der Waals surface area contributed by atoms with Crippen LogP contribution >= 0.6 is 11.8 Å². The molecule has 1 aliphatic rings. The predicted octanol–water partition coefficient (Wildman–Crippen LogP) is 4.60.